The van der Waals surface area contributed by atoms with Crippen LogP contribution in [0.15, 0.2) is 24.3 Å². The largest absolute Gasteiger partial charge is 0.322 e. The predicted molar refractivity (Wildman–Crippen MR) is 72.8 cm³/mol. The Morgan fingerprint density at radius 1 is 1.17 bits per heavy atom. The molecule has 0 aromatic heterocycles. The standard InChI is InChI=1S/C15H23FN2/c1-15(2,18-10-6-3-7-11-18)14(17)12-8-4-5-9-13(12)16/h4-5,8-9,14H,3,6-7,10-11,17H2,1-2H3. The summed E-state index contributed by atoms with van der Waals surface area (Å²) in [6, 6.07) is 6.55. The molecule has 0 bridgehead atoms. The Bertz CT molecular complexity index is 397. The third kappa shape index (κ3) is 2.57. The van der Waals surface area contributed by atoms with Gasteiger partial charge in [-0.1, -0.05) is 24.6 Å². The fourth-order valence-electron chi connectivity index (χ4n) is 2.77. The molecule has 3 heteroatoms. The Labute approximate surface area is 109 Å². The highest BCUT2D eigenvalue weighted by Gasteiger charge is 2.35. The van der Waals surface area contributed by atoms with Crippen molar-refractivity contribution in [3.8, 4) is 0 Å². The monoisotopic (exact) mass is 250 g/mol. The molecule has 18 heavy (non-hydrogen) atoms. The van der Waals surface area contributed by atoms with Crippen LogP contribution < -0.4 is 5.73 Å². The summed E-state index contributed by atoms with van der Waals surface area (Å²) >= 11 is 0. The van der Waals surface area contributed by atoms with Gasteiger partial charge in [-0.25, -0.2) is 4.39 Å². The van der Waals surface area contributed by atoms with E-state index in [9.17, 15) is 4.39 Å². The zero-order valence-electron chi connectivity index (χ0n) is 11.3. The van der Waals surface area contributed by atoms with Crippen molar-refractivity contribution < 1.29 is 4.39 Å². The van der Waals surface area contributed by atoms with Crippen molar-refractivity contribution in [1.82, 2.24) is 4.90 Å². The lowest BCUT2D eigenvalue weighted by Gasteiger charge is -2.44. The second kappa shape index (κ2) is 5.37. The Morgan fingerprint density at radius 3 is 2.39 bits per heavy atom. The van der Waals surface area contributed by atoms with Gasteiger partial charge in [-0.3, -0.25) is 4.90 Å². The molecule has 1 aromatic carbocycles. The number of nitrogens with zero attached hydrogens (tertiary/aromatic N) is 1. The highest BCUT2D eigenvalue weighted by Crippen LogP contribution is 2.32. The molecule has 1 aliphatic heterocycles. The molecule has 0 radical (unpaired) electrons. The number of halogens is 1. The molecule has 100 valence electrons. The normalized spacial score (nSPS) is 19.8. The maximum Gasteiger partial charge on any atom is 0.128 e. The van der Waals surface area contributed by atoms with Gasteiger partial charge in [-0.05, 0) is 45.8 Å². The highest BCUT2D eigenvalue weighted by molar-refractivity contribution is 5.24. The molecule has 0 aliphatic carbocycles. The van der Waals surface area contributed by atoms with Gasteiger partial charge in [0.1, 0.15) is 5.82 Å². The summed E-state index contributed by atoms with van der Waals surface area (Å²) in [7, 11) is 0. The van der Waals surface area contributed by atoms with Gasteiger partial charge in [0.15, 0.2) is 0 Å². The second-order valence-electron chi connectivity index (χ2n) is 5.70. The summed E-state index contributed by atoms with van der Waals surface area (Å²) in [5, 5.41) is 0. The Morgan fingerprint density at radius 2 is 1.78 bits per heavy atom. The van der Waals surface area contributed by atoms with E-state index >= 15 is 0 Å². The Balaban J connectivity index is 2.20. The molecule has 0 amide bonds. The molecule has 1 unspecified atom stereocenters. The number of hydrogen-bond donors (Lipinski definition) is 1. The van der Waals surface area contributed by atoms with Crippen LogP contribution >= 0.6 is 0 Å². The third-order valence-corrected chi connectivity index (χ3v) is 4.17. The summed E-state index contributed by atoms with van der Waals surface area (Å²) < 4.78 is 13.8. The molecule has 1 aromatic rings. The van der Waals surface area contributed by atoms with Gasteiger partial charge in [-0.15, -0.1) is 0 Å². The van der Waals surface area contributed by atoms with Crippen LogP contribution in [0.1, 0.15) is 44.7 Å². The summed E-state index contributed by atoms with van der Waals surface area (Å²) in [6.07, 6.45) is 3.72. The summed E-state index contributed by atoms with van der Waals surface area (Å²) in [4.78, 5) is 2.40. The van der Waals surface area contributed by atoms with Crippen molar-refractivity contribution in [2.24, 2.45) is 5.73 Å². The smallest absolute Gasteiger partial charge is 0.128 e. The number of nitrogens with two attached hydrogens (primary N) is 1. The van der Waals surface area contributed by atoms with Crippen molar-refractivity contribution in [3.63, 3.8) is 0 Å². The van der Waals surface area contributed by atoms with Crippen LogP contribution in [0.25, 0.3) is 0 Å². The molecule has 2 rings (SSSR count). The molecule has 0 saturated carbocycles. The molecule has 1 saturated heterocycles. The molecule has 1 atom stereocenters. The molecular weight excluding hydrogens is 227 g/mol. The van der Waals surface area contributed by atoms with Crippen LogP contribution in [-0.2, 0) is 0 Å². The zero-order chi connectivity index (χ0) is 13.2. The first-order chi connectivity index (χ1) is 8.53. The van der Waals surface area contributed by atoms with Gasteiger partial charge in [-0.2, -0.15) is 0 Å². The van der Waals surface area contributed by atoms with Crippen molar-refractivity contribution in [2.45, 2.75) is 44.7 Å². The lowest BCUT2D eigenvalue weighted by Crippen LogP contribution is -2.53. The maximum absolute atomic E-state index is 13.8. The molecule has 2 nitrogen and oxygen atoms in total. The van der Waals surface area contributed by atoms with Crippen molar-refractivity contribution in [3.05, 3.63) is 35.6 Å². The van der Waals surface area contributed by atoms with E-state index in [0.717, 1.165) is 13.1 Å². The first-order valence-corrected chi connectivity index (χ1v) is 6.78. The fourth-order valence-corrected chi connectivity index (χ4v) is 2.77. The van der Waals surface area contributed by atoms with E-state index in [2.05, 4.69) is 18.7 Å². The topological polar surface area (TPSA) is 29.3 Å². The first kappa shape index (κ1) is 13.5. The lowest BCUT2D eigenvalue weighted by atomic mass is 9.86. The molecule has 1 fully saturated rings. The first-order valence-electron chi connectivity index (χ1n) is 6.78. The minimum atomic E-state index is -0.295. The van der Waals surface area contributed by atoms with Gasteiger partial charge in [0.05, 0.1) is 6.04 Å². The van der Waals surface area contributed by atoms with Gasteiger partial charge in [0, 0.05) is 11.1 Å². The maximum atomic E-state index is 13.8. The molecular formula is C15H23FN2. The lowest BCUT2D eigenvalue weighted by molar-refractivity contribution is 0.0719. The van der Waals surface area contributed by atoms with Crippen LogP contribution in [0.4, 0.5) is 4.39 Å². The van der Waals surface area contributed by atoms with E-state index in [1.165, 1.54) is 25.3 Å². The quantitative estimate of drug-likeness (QED) is 0.893. The summed E-state index contributed by atoms with van der Waals surface area (Å²) in [6.45, 7) is 6.37. The minimum absolute atomic E-state index is 0.199. The van der Waals surface area contributed by atoms with E-state index in [4.69, 9.17) is 5.73 Å². The van der Waals surface area contributed by atoms with Gasteiger partial charge in [0.25, 0.3) is 0 Å². The van der Waals surface area contributed by atoms with Crippen LogP contribution in [0, 0.1) is 5.82 Å². The van der Waals surface area contributed by atoms with E-state index in [1.54, 1.807) is 12.1 Å². The summed E-state index contributed by atoms with van der Waals surface area (Å²) in [5.41, 5.74) is 6.74. The Kier molecular flexibility index (Phi) is 4.03. The number of piperidine rings is 1. The highest BCUT2D eigenvalue weighted by atomic mass is 19.1. The van der Waals surface area contributed by atoms with Gasteiger partial charge in [0.2, 0.25) is 0 Å². The molecule has 0 spiro atoms. The van der Waals surface area contributed by atoms with Gasteiger partial charge < -0.3 is 5.73 Å². The zero-order valence-corrected chi connectivity index (χ0v) is 11.3. The number of likely N-dealkylation sites (tertiary alicyclic amines) is 1. The SMILES string of the molecule is CC(C)(C(N)c1ccccc1F)N1CCCCC1. The minimum Gasteiger partial charge on any atom is -0.322 e. The average Bonchev–Trinajstić information content (AvgIpc) is 2.39. The molecule has 2 N–H and O–H groups in total. The predicted octanol–water partition coefficient (Wildman–Crippen LogP) is 3.09. The van der Waals surface area contributed by atoms with Crippen LogP contribution in [-0.4, -0.2) is 23.5 Å². The Hall–Kier alpha value is -0.930. The van der Waals surface area contributed by atoms with Crippen molar-refractivity contribution in [2.75, 3.05) is 13.1 Å². The summed E-state index contributed by atoms with van der Waals surface area (Å²) in [5.74, 6) is -0.199. The van der Waals surface area contributed by atoms with Crippen LogP contribution in [0.3, 0.4) is 0 Å². The van der Waals surface area contributed by atoms with Crippen LogP contribution in [0.5, 0.6) is 0 Å². The van der Waals surface area contributed by atoms with E-state index in [0.29, 0.717) is 5.56 Å². The van der Waals surface area contributed by atoms with E-state index in [-0.39, 0.29) is 17.4 Å². The van der Waals surface area contributed by atoms with E-state index < -0.39 is 0 Å². The van der Waals surface area contributed by atoms with Crippen molar-refractivity contribution in [1.29, 1.82) is 0 Å². The number of benzene rings is 1. The third-order valence-electron chi connectivity index (χ3n) is 4.17. The van der Waals surface area contributed by atoms with Gasteiger partial charge >= 0.3 is 0 Å². The van der Waals surface area contributed by atoms with Crippen LogP contribution in [0.2, 0.25) is 0 Å². The average molecular weight is 250 g/mol. The number of rotatable bonds is 3. The number of hydrogen-bond acceptors (Lipinski definition) is 2. The fraction of sp³-hybridized carbons (Fsp3) is 0.600. The van der Waals surface area contributed by atoms with Crippen molar-refractivity contribution >= 4 is 0 Å². The van der Waals surface area contributed by atoms with E-state index in [1.807, 2.05) is 6.07 Å². The molecule has 1 aliphatic rings. The molecule has 1 heterocycles. The second-order valence-corrected chi connectivity index (χ2v) is 5.70.